The van der Waals surface area contributed by atoms with E-state index in [0.29, 0.717) is 29.2 Å². The number of carbonyl (C=O) groups excluding carboxylic acids is 2. The summed E-state index contributed by atoms with van der Waals surface area (Å²) in [4.78, 5) is 26.4. The topological polar surface area (TPSA) is 67.9 Å². The molecule has 2 aromatic rings. The van der Waals surface area contributed by atoms with Crippen LogP contribution in [0.15, 0.2) is 54.2 Å². The number of benzene rings is 2. The fourth-order valence-electron chi connectivity index (χ4n) is 2.81. The number of nitrogens with one attached hydrogen (secondary N) is 1. The molecule has 0 aromatic heterocycles. The van der Waals surface area contributed by atoms with E-state index in [1.54, 1.807) is 37.4 Å². The summed E-state index contributed by atoms with van der Waals surface area (Å²) < 4.78 is 10.8. The van der Waals surface area contributed by atoms with E-state index in [0.717, 1.165) is 17.1 Å². The van der Waals surface area contributed by atoms with E-state index in [2.05, 4.69) is 5.32 Å². The number of nitrogens with zero attached hydrogens (tertiary/aromatic N) is 1. The highest BCUT2D eigenvalue weighted by atomic mass is 16.5. The average Bonchev–Trinajstić information content (AvgIpc) is 2.91. The quantitative estimate of drug-likeness (QED) is 0.762. The molecule has 6 heteroatoms. The van der Waals surface area contributed by atoms with Gasteiger partial charge in [-0.3, -0.25) is 14.5 Å². The molecule has 0 aliphatic carbocycles. The van der Waals surface area contributed by atoms with Gasteiger partial charge in [-0.05, 0) is 36.2 Å². The highest BCUT2D eigenvalue weighted by Gasteiger charge is 2.36. The van der Waals surface area contributed by atoms with Crippen LogP contribution in [-0.2, 0) is 9.59 Å². The van der Waals surface area contributed by atoms with Crippen molar-refractivity contribution in [1.29, 1.82) is 0 Å². The number of imide groups is 1. The van der Waals surface area contributed by atoms with Crippen LogP contribution in [0.1, 0.15) is 18.9 Å². The first-order valence-corrected chi connectivity index (χ1v) is 8.76. The third-order valence-corrected chi connectivity index (χ3v) is 4.24. The standard InChI is InChI=1S/C21H22N2O4/c1-4-12-27-16-10-8-14(9-11-16)18-19(21(25)23(2)20(18)24)22-15-6-5-7-17(13-15)26-3/h5-11,13,22H,4,12H2,1-3H3. The average molecular weight is 366 g/mol. The van der Waals surface area contributed by atoms with E-state index in [-0.39, 0.29) is 17.5 Å². The molecule has 1 aliphatic rings. The zero-order valence-electron chi connectivity index (χ0n) is 15.6. The summed E-state index contributed by atoms with van der Waals surface area (Å²) in [6, 6.07) is 14.4. The summed E-state index contributed by atoms with van der Waals surface area (Å²) in [6.07, 6.45) is 0.916. The Morgan fingerprint density at radius 2 is 1.74 bits per heavy atom. The van der Waals surface area contributed by atoms with Crippen LogP contribution in [0.4, 0.5) is 5.69 Å². The van der Waals surface area contributed by atoms with Crippen LogP contribution < -0.4 is 14.8 Å². The lowest BCUT2D eigenvalue weighted by Crippen LogP contribution is -2.27. The second-order valence-corrected chi connectivity index (χ2v) is 6.15. The van der Waals surface area contributed by atoms with Crippen molar-refractivity contribution in [1.82, 2.24) is 4.90 Å². The van der Waals surface area contributed by atoms with Gasteiger partial charge in [0.05, 0.1) is 19.3 Å². The molecule has 3 rings (SSSR count). The lowest BCUT2D eigenvalue weighted by atomic mass is 10.0. The molecule has 2 aromatic carbocycles. The predicted molar refractivity (Wildman–Crippen MR) is 104 cm³/mol. The molecule has 1 N–H and O–H groups in total. The summed E-state index contributed by atoms with van der Waals surface area (Å²) in [7, 11) is 3.05. The highest BCUT2D eigenvalue weighted by Crippen LogP contribution is 2.31. The first-order chi connectivity index (χ1) is 13.0. The summed E-state index contributed by atoms with van der Waals surface area (Å²) >= 11 is 0. The Morgan fingerprint density at radius 3 is 2.41 bits per heavy atom. The first-order valence-electron chi connectivity index (χ1n) is 8.76. The molecule has 0 saturated heterocycles. The molecule has 1 heterocycles. The Hall–Kier alpha value is -3.28. The van der Waals surface area contributed by atoms with E-state index in [1.165, 1.54) is 7.05 Å². The lowest BCUT2D eigenvalue weighted by molar-refractivity contribution is -0.135. The highest BCUT2D eigenvalue weighted by molar-refractivity contribution is 6.36. The third kappa shape index (κ3) is 3.79. The van der Waals surface area contributed by atoms with Crippen molar-refractivity contribution in [2.45, 2.75) is 13.3 Å². The van der Waals surface area contributed by atoms with Gasteiger partial charge >= 0.3 is 0 Å². The van der Waals surface area contributed by atoms with E-state index < -0.39 is 0 Å². The zero-order chi connectivity index (χ0) is 19.4. The van der Waals surface area contributed by atoms with Gasteiger partial charge in [-0.15, -0.1) is 0 Å². The number of likely N-dealkylation sites (N-methyl/N-ethyl adjacent to an activating group) is 1. The molecule has 0 bridgehead atoms. The molecule has 1 aliphatic heterocycles. The molecule has 0 fully saturated rings. The lowest BCUT2D eigenvalue weighted by Gasteiger charge is -2.10. The predicted octanol–water partition coefficient (Wildman–Crippen LogP) is 3.31. The monoisotopic (exact) mass is 366 g/mol. The second kappa shape index (κ2) is 7.95. The van der Waals surface area contributed by atoms with Gasteiger partial charge < -0.3 is 14.8 Å². The summed E-state index contributed by atoms with van der Waals surface area (Å²) in [6.45, 7) is 2.67. The fourth-order valence-corrected chi connectivity index (χ4v) is 2.81. The van der Waals surface area contributed by atoms with Gasteiger partial charge in [0.1, 0.15) is 17.2 Å². The van der Waals surface area contributed by atoms with Crippen LogP contribution in [0.3, 0.4) is 0 Å². The molecule has 6 nitrogen and oxygen atoms in total. The molecule has 0 unspecified atom stereocenters. The number of amides is 2. The normalized spacial score (nSPS) is 14.0. The van der Waals surface area contributed by atoms with E-state index in [9.17, 15) is 9.59 Å². The Kier molecular flexibility index (Phi) is 5.45. The van der Waals surface area contributed by atoms with Crippen molar-refractivity contribution in [3.05, 3.63) is 59.8 Å². The maximum Gasteiger partial charge on any atom is 0.277 e. The van der Waals surface area contributed by atoms with Crippen LogP contribution in [0.5, 0.6) is 11.5 Å². The Bertz CT molecular complexity index is 887. The molecule has 0 spiro atoms. The summed E-state index contributed by atoms with van der Waals surface area (Å²) in [5.41, 5.74) is 1.92. The van der Waals surface area contributed by atoms with Gasteiger partial charge in [-0.25, -0.2) is 0 Å². The third-order valence-electron chi connectivity index (χ3n) is 4.24. The smallest absolute Gasteiger partial charge is 0.277 e. The zero-order valence-corrected chi connectivity index (χ0v) is 15.6. The van der Waals surface area contributed by atoms with Gasteiger partial charge in [0.15, 0.2) is 0 Å². The summed E-state index contributed by atoms with van der Waals surface area (Å²) in [5, 5.41) is 3.08. The largest absolute Gasteiger partial charge is 0.497 e. The number of rotatable bonds is 7. The van der Waals surface area contributed by atoms with Crippen molar-refractivity contribution in [2.75, 3.05) is 26.1 Å². The molecule has 0 saturated carbocycles. The van der Waals surface area contributed by atoms with Crippen LogP contribution in [0, 0.1) is 0 Å². The van der Waals surface area contributed by atoms with Gasteiger partial charge in [-0.2, -0.15) is 0 Å². The van der Waals surface area contributed by atoms with E-state index in [4.69, 9.17) is 9.47 Å². The van der Waals surface area contributed by atoms with Crippen molar-refractivity contribution < 1.29 is 19.1 Å². The molecular formula is C21H22N2O4. The van der Waals surface area contributed by atoms with Gasteiger partial charge in [0.2, 0.25) is 0 Å². The Morgan fingerprint density at radius 1 is 1.00 bits per heavy atom. The van der Waals surface area contributed by atoms with Crippen LogP contribution in [0.25, 0.3) is 5.57 Å². The summed E-state index contributed by atoms with van der Waals surface area (Å²) in [5.74, 6) is 0.676. The van der Waals surface area contributed by atoms with E-state index in [1.807, 2.05) is 25.1 Å². The number of carbonyl (C=O) groups is 2. The first kappa shape index (κ1) is 18.5. The maximum absolute atomic E-state index is 12.6. The van der Waals surface area contributed by atoms with Gasteiger partial charge in [0, 0.05) is 18.8 Å². The number of ether oxygens (including phenoxy) is 2. The fraction of sp³-hybridized carbons (Fsp3) is 0.238. The van der Waals surface area contributed by atoms with Crippen LogP contribution in [0.2, 0.25) is 0 Å². The minimum absolute atomic E-state index is 0.248. The molecule has 140 valence electrons. The second-order valence-electron chi connectivity index (χ2n) is 6.15. The molecule has 0 atom stereocenters. The van der Waals surface area contributed by atoms with Crippen LogP contribution >= 0.6 is 0 Å². The molecular weight excluding hydrogens is 344 g/mol. The van der Waals surface area contributed by atoms with E-state index >= 15 is 0 Å². The van der Waals surface area contributed by atoms with Crippen LogP contribution in [-0.4, -0.2) is 37.5 Å². The maximum atomic E-state index is 12.6. The number of anilines is 1. The molecule has 0 radical (unpaired) electrons. The molecule has 27 heavy (non-hydrogen) atoms. The van der Waals surface area contributed by atoms with Gasteiger partial charge in [0.25, 0.3) is 11.8 Å². The Balaban J connectivity index is 1.96. The number of hydrogen-bond acceptors (Lipinski definition) is 5. The van der Waals surface area contributed by atoms with Crippen molar-refractivity contribution in [3.8, 4) is 11.5 Å². The SMILES string of the molecule is CCCOc1ccc(C2=C(Nc3cccc(OC)c3)C(=O)N(C)C2=O)cc1. The Labute approximate surface area is 158 Å². The molecule has 2 amide bonds. The van der Waals surface area contributed by atoms with Crippen molar-refractivity contribution >= 4 is 23.1 Å². The van der Waals surface area contributed by atoms with Crippen molar-refractivity contribution in [2.24, 2.45) is 0 Å². The van der Waals surface area contributed by atoms with Gasteiger partial charge in [-0.1, -0.05) is 25.1 Å². The minimum atomic E-state index is -0.371. The minimum Gasteiger partial charge on any atom is -0.497 e. The van der Waals surface area contributed by atoms with Crippen molar-refractivity contribution in [3.63, 3.8) is 0 Å². The number of hydrogen-bond donors (Lipinski definition) is 1. The number of methoxy groups -OCH3 is 1.